The van der Waals surface area contributed by atoms with Crippen LogP contribution in [-0.4, -0.2) is 31.7 Å². The molecule has 0 unspecified atom stereocenters. The van der Waals surface area contributed by atoms with Crippen molar-refractivity contribution in [3.8, 4) is 0 Å². The van der Waals surface area contributed by atoms with Crippen LogP contribution in [0.25, 0.3) is 0 Å². The highest BCUT2D eigenvalue weighted by atomic mass is 32.2. The number of nitrogens with one attached hydrogen (secondary N) is 1. The van der Waals surface area contributed by atoms with E-state index < -0.39 is 10.0 Å². The average Bonchev–Trinajstić information content (AvgIpc) is 3.09. The van der Waals surface area contributed by atoms with Gasteiger partial charge in [0.15, 0.2) is 0 Å². The van der Waals surface area contributed by atoms with E-state index in [-0.39, 0.29) is 10.8 Å². The monoisotopic (exact) mass is 406 g/mol. The lowest BCUT2D eigenvalue weighted by molar-refractivity contribution is 0.103. The van der Waals surface area contributed by atoms with E-state index in [0.29, 0.717) is 23.9 Å². The Hall–Kier alpha value is -1.70. The first-order valence-corrected chi connectivity index (χ1v) is 11.5. The number of benzene rings is 1. The minimum atomic E-state index is -3.54. The van der Waals surface area contributed by atoms with E-state index in [2.05, 4.69) is 12.2 Å². The molecular formula is C20H26N2O3S2. The number of carbonyl (C=O) groups excluding carboxylic acids is 1. The SMILES string of the molecule is Cc1cc(C)c(NC(=O)c2cc(S(=O)(=O)N3CCC[C@@H](C)C3)cs2)c(C)c1. The van der Waals surface area contributed by atoms with Gasteiger partial charge in [-0.2, -0.15) is 4.31 Å². The molecule has 1 aromatic carbocycles. The molecule has 7 heteroatoms. The summed E-state index contributed by atoms with van der Waals surface area (Å²) in [6, 6.07) is 5.53. The van der Waals surface area contributed by atoms with Crippen LogP contribution < -0.4 is 5.32 Å². The number of amides is 1. The highest BCUT2D eigenvalue weighted by Crippen LogP contribution is 2.28. The van der Waals surface area contributed by atoms with Gasteiger partial charge >= 0.3 is 0 Å². The minimum absolute atomic E-state index is 0.212. The molecular weight excluding hydrogens is 380 g/mol. The molecule has 1 amide bonds. The van der Waals surface area contributed by atoms with Crippen molar-refractivity contribution in [2.45, 2.75) is 45.4 Å². The molecule has 0 spiro atoms. The van der Waals surface area contributed by atoms with Crippen LogP contribution >= 0.6 is 11.3 Å². The number of carbonyl (C=O) groups is 1. The first kappa shape index (κ1) is 20.0. The molecule has 0 saturated carbocycles. The van der Waals surface area contributed by atoms with Gasteiger partial charge in [0.2, 0.25) is 10.0 Å². The molecule has 1 fully saturated rings. The Morgan fingerprint density at radius 3 is 2.48 bits per heavy atom. The maximum Gasteiger partial charge on any atom is 0.265 e. The van der Waals surface area contributed by atoms with Crippen molar-refractivity contribution in [2.75, 3.05) is 18.4 Å². The van der Waals surface area contributed by atoms with E-state index in [4.69, 9.17) is 0 Å². The summed E-state index contributed by atoms with van der Waals surface area (Å²) in [6.45, 7) is 9.09. The highest BCUT2D eigenvalue weighted by Gasteiger charge is 2.30. The normalized spacial score (nSPS) is 18.4. The summed E-state index contributed by atoms with van der Waals surface area (Å²) in [5.41, 5.74) is 3.91. The van der Waals surface area contributed by atoms with E-state index in [0.717, 1.165) is 35.2 Å². The molecule has 1 atom stereocenters. The summed E-state index contributed by atoms with van der Waals surface area (Å²) in [4.78, 5) is 13.3. The number of hydrogen-bond donors (Lipinski definition) is 1. The number of sulfonamides is 1. The Morgan fingerprint density at radius 2 is 1.85 bits per heavy atom. The van der Waals surface area contributed by atoms with Crippen LogP contribution in [0, 0.1) is 26.7 Å². The number of rotatable bonds is 4. The summed E-state index contributed by atoms with van der Waals surface area (Å²) in [5.74, 6) is 0.0888. The van der Waals surface area contributed by atoms with E-state index in [1.165, 1.54) is 17.4 Å². The Bertz CT molecular complexity index is 940. The average molecular weight is 407 g/mol. The summed E-state index contributed by atoms with van der Waals surface area (Å²) in [7, 11) is -3.54. The van der Waals surface area contributed by atoms with Crippen molar-refractivity contribution in [1.29, 1.82) is 0 Å². The lowest BCUT2D eigenvalue weighted by Crippen LogP contribution is -2.38. The summed E-state index contributed by atoms with van der Waals surface area (Å²) < 4.78 is 27.3. The van der Waals surface area contributed by atoms with Crippen molar-refractivity contribution < 1.29 is 13.2 Å². The van der Waals surface area contributed by atoms with Crippen molar-refractivity contribution in [3.63, 3.8) is 0 Å². The molecule has 5 nitrogen and oxygen atoms in total. The van der Waals surface area contributed by atoms with Crippen LogP contribution in [0.15, 0.2) is 28.5 Å². The first-order chi connectivity index (χ1) is 12.7. The molecule has 27 heavy (non-hydrogen) atoms. The fraction of sp³-hybridized carbons (Fsp3) is 0.450. The second kappa shape index (κ2) is 7.73. The van der Waals surface area contributed by atoms with Gasteiger partial charge in [-0.05, 0) is 56.7 Å². The molecule has 3 rings (SSSR count). The molecule has 2 aromatic rings. The van der Waals surface area contributed by atoms with Gasteiger partial charge in [0.05, 0.1) is 9.77 Å². The number of aryl methyl sites for hydroxylation is 3. The maximum atomic E-state index is 12.9. The van der Waals surface area contributed by atoms with Crippen LogP contribution in [-0.2, 0) is 10.0 Å². The molecule has 2 heterocycles. The minimum Gasteiger partial charge on any atom is -0.321 e. The maximum absolute atomic E-state index is 12.9. The smallest absolute Gasteiger partial charge is 0.265 e. The quantitative estimate of drug-likeness (QED) is 0.821. The third kappa shape index (κ3) is 4.25. The van der Waals surface area contributed by atoms with Crippen LogP contribution in [0.3, 0.4) is 0 Å². The lowest BCUT2D eigenvalue weighted by atomic mass is 10.0. The van der Waals surface area contributed by atoms with Crippen molar-refractivity contribution in [3.05, 3.63) is 45.1 Å². The topological polar surface area (TPSA) is 66.5 Å². The van der Waals surface area contributed by atoms with Crippen molar-refractivity contribution in [1.82, 2.24) is 4.31 Å². The lowest BCUT2D eigenvalue weighted by Gasteiger charge is -2.29. The van der Waals surface area contributed by atoms with Gasteiger partial charge in [-0.15, -0.1) is 11.3 Å². The van der Waals surface area contributed by atoms with Gasteiger partial charge in [0.1, 0.15) is 0 Å². The zero-order valence-corrected chi connectivity index (χ0v) is 17.8. The highest BCUT2D eigenvalue weighted by molar-refractivity contribution is 7.89. The Balaban J connectivity index is 1.80. The van der Waals surface area contributed by atoms with Gasteiger partial charge < -0.3 is 5.32 Å². The zero-order valence-electron chi connectivity index (χ0n) is 16.2. The molecule has 1 aliphatic rings. The summed E-state index contributed by atoms with van der Waals surface area (Å²) >= 11 is 1.17. The third-order valence-corrected chi connectivity index (χ3v) is 7.89. The number of anilines is 1. The second-order valence-electron chi connectivity index (χ2n) is 7.48. The van der Waals surface area contributed by atoms with Gasteiger partial charge in [0, 0.05) is 24.2 Å². The standard InChI is InChI=1S/C20H26N2O3S2/c1-13-6-5-7-22(11-13)27(24,25)17-10-18(26-12-17)20(23)21-19-15(3)8-14(2)9-16(19)4/h8-10,12-13H,5-7,11H2,1-4H3,(H,21,23)/t13-/m1/s1. The summed E-state index contributed by atoms with van der Waals surface area (Å²) in [5, 5.41) is 4.50. The van der Waals surface area contributed by atoms with Crippen molar-refractivity contribution in [2.24, 2.45) is 5.92 Å². The molecule has 0 radical (unpaired) electrons. The van der Waals surface area contributed by atoms with E-state index in [1.807, 2.05) is 32.9 Å². The Kier molecular flexibility index (Phi) is 5.74. The number of piperidine rings is 1. The fourth-order valence-electron chi connectivity index (χ4n) is 3.64. The molecule has 0 bridgehead atoms. The molecule has 0 aliphatic carbocycles. The number of hydrogen-bond acceptors (Lipinski definition) is 4. The predicted molar refractivity (Wildman–Crippen MR) is 110 cm³/mol. The molecule has 1 aliphatic heterocycles. The van der Waals surface area contributed by atoms with Crippen molar-refractivity contribution >= 4 is 33.0 Å². The van der Waals surface area contributed by atoms with E-state index >= 15 is 0 Å². The van der Waals surface area contributed by atoms with Crippen LogP contribution in [0.2, 0.25) is 0 Å². The van der Waals surface area contributed by atoms with Crippen LogP contribution in [0.5, 0.6) is 0 Å². The van der Waals surface area contributed by atoms with Gasteiger partial charge in [-0.25, -0.2) is 8.42 Å². The molecule has 1 N–H and O–H groups in total. The Morgan fingerprint density at radius 1 is 1.19 bits per heavy atom. The number of nitrogens with zero attached hydrogens (tertiary/aromatic N) is 1. The number of thiophene rings is 1. The fourth-order valence-corrected chi connectivity index (χ4v) is 6.39. The van der Waals surface area contributed by atoms with Crippen LogP contribution in [0.4, 0.5) is 5.69 Å². The molecule has 1 aromatic heterocycles. The predicted octanol–water partition coefficient (Wildman–Crippen LogP) is 4.35. The van der Waals surface area contributed by atoms with E-state index in [9.17, 15) is 13.2 Å². The molecule has 1 saturated heterocycles. The van der Waals surface area contributed by atoms with Gasteiger partial charge in [-0.1, -0.05) is 24.6 Å². The van der Waals surface area contributed by atoms with Crippen LogP contribution in [0.1, 0.15) is 46.1 Å². The largest absolute Gasteiger partial charge is 0.321 e. The summed E-state index contributed by atoms with van der Waals surface area (Å²) in [6.07, 6.45) is 1.93. The molecule has 146 valence electrons. The zero-order chi connectivity index (χ0) is 19.8. The van der Waals surface area contributed by atoms with E-state index in [1.54, 1.807) is 9.69 Å². The Labute approximate surface area is 165 Å². The van der Waals surface area contributed by atoms with Gasteiger partial charge in [-0.3, -0.25) is 4.79 Å². The second-order valence-corrected chi connectivity index (χ2v) is 10.3. The van der Waals surface area contributed by atoms with Gasteiger partial charge in [0.25, 0.3) is 5.91 Å². The first-order valence-electron chi connectivity index (χ1n) is 9.16. The third-order valence-electron chi connectivity index (χ3n) is 4.97.